The van der Waals surface area contributed by atoms with Crippen LogP contribution in [0, 0.1) is 10.1 Å². The van der Waals surface area contributed by atoms with Crippen LogP contribution in [-0.4, -0.2) is 16.5 Å². The van der Waals surface area contributed by atoms with Gasteiger partial charge in [0.25, 0.3) is 5.69 Å². The highest BCUT2D eigenvalue weighted by molar-refractivity contribution is 9.10. The monoisotopic (exact) mass is 370 g/mol. The predicted molar refractivity (Wildman–Crippen MR) is 87.5 cm³/mol. The fourth-order valence-electron chi connectivity index (χ4n) is 1.68. The standard InChI is InChI=1S/C13H12BrClN4O2/c1-2-16-12-6-9(19(20)21)7-13(18-12)17-8-3-4-10(14)11(15)5-8/h3-7H,2H2,1H3,(H2,16,17,18). The number of nitrogens with one attached hydrogen (secondary N) is 2. The van der Waals surface area contributed by atoms with Gasteiger partial charge in [-0.2, -0.15) is 0 Å². The maximum atomic E-state index is 11.0. The number of aromatic nitrogens is 1. The summed E-state index contributed by atoms with van der Waals surface area (Å²) in [6, 6.07) is 8.05. The Bertz CT molecular complexity index is 681. The van der Waals surface area contributed by atoms with Crippen LogP contribution in [0.4, 0.5) is 23.0 Å². The lowest BCUT2D eigenvalue weighted by Gasteiger charge is -2.09. The van der Waals surface area contributed by atoms with E-state index in [0.717, 1.165) is 4.47 Å². The van der Waals surface area contributed by atoms with Crippen LogP contribution in [0.15, 0.2) is 34.8 Å². The molecular weight excluding hydrogens is 360 g/mol. The first-order valence-corrected chi connectivity index (χ1v) is 7.29. The predicted octanol–water partition coefficient (Wildman–Crippen LogP) is 4.58. The van der Waals surface area contributed by atoms with Crippen LogP contribution in [-0.2, 0) is 0 Å². The molecule has 1 aromatic carbocycles. The molecule has 0 aliphatic rings. The molecule has 0 atom stereocenters. The molecule has 1 heterocycles. The molecule has 0 aliphatic carbocycles. The molecule has 0 saturated heterocycles. The molecule has 2 rings (SSSR count). The highest BCUT2D eigenvalue weighted by atomic mass is 79.9. The first-order valence-electron chi connectivity index (χ1n) is 6.12. The largest absolute Gasteiger partial charge is 0.370 e. The van der Waals surface area contributed by atoms with Crippen LogP contribution in [0.25, 0.3) is 0 Å². The molecule has 0 amide bonds. The smallest absolute Gasteiger partial charge is 0.276 e. The number of pyridine rings is 1. The lowest BCUT2D eigenvalue weighted by Crippen LogP contribution is -2.03. The van der Waals surface area contributed by atoms with Gasteiger partial charge in [0.05, 0.1) is 22.1 Å². The zero-order chi connectivity index (χ0) is 15.4. The van der Waals surface area contributed by atoms with Gasteiger partial charge in [0.15, 0.2) is 0 Å². The van der Waals surface area contributed by atoms with Crippen molar-refractivity contribution >= 4 is 50.5 Å². The summed E-state index contributed by atoms with van der Waals surface area (Å²) in [5.41, 5.74) is 0.658. The number of hydrogen-bond donors (Lipinski definition) is 2. The lowest BCUT2D eigenvalue weighted by molar-refractivity contribution is -0.384. The summed E-state index contributed by atoms with van der Waals surface area (Å²) in [5, 5.41) is 17.5. The van der Waals surface area contributed by atoms with E-state index in [1.807, 2.05) is 6.92 Å². The first-order chi connectivity index (χ1) is 9.99. The SMILES string of the molecule is CCNc1cc([N+](=O)[O-])cc(Nc2ccc(Br)c(Cl)c2)n1. The number of halogens is 2. The zero-order valence-corrected chi connectivity index (χ0v) is 13.4. The Balaban J connectivity index is 2.33. The number of hydrogen-bond acceptors (Lipinski definition) is 5. The van der Waals surface area contributed by atoms with Gasteiger partial charge in [0.2, 0.25) is 0 Å². The molecule has 0 spiro atoms. The molecule has 110 valence electrons. The van der Waals surface area contributed by atoms with Gasteiger partial charge in [-0.1, -0.05) is 11.6 Å². The quantitative estimate of drug-likeness (QED) is 0.594. The summed E-state index contributed by atoms with van der Waals surface area (Å²) in [6.07, 6.45) is 0. The van der Waals surface area contributed by atoms with E-state index < -0.39 is 4.92 Å². The van der Waals surface area contributed by atoms with Gasteiger partial charge in [0, 0.05) is 16.7 Å². The molecule has 0 saturated carbocycles. The van der Waals surface area contributed by atoms with Crippen LogP contribution in [0.3, 0.4) is 0 Å². The third-order valence-corrected chi connectivity index (χ3v) is 3.80. The zero-order valence-electron chi connectivity index (χ0n) is 11.1. The first kappa shape index (κ1) is 15.5. The molecule has 21 heavy (non-hydrogen) atoms. The van der Waals surface area contributed by atoms with Gasteiger partial charge < -0.3 is 10.6 Å². The van der Waals surface area contributed by atoms with Crippen molar-refractivity contribution in [1.29, 1.82) is 0 Å². The number of nitrogens with zero attached hydrogens (tertiary/aromatic N) is 2. The molecule has 8 heteroatoms. The second kappa shape index (κ2) is 6.73. The number of anilines is 3. The second-order valence-electron chi connectivity index (χ2n) is 4.14. The summed E-state index contributed by atoms with van der Waals surface area (Å²) in [7, 11) is 0. The highest BCUT2D eigenvalue weighted by Gasteiger charge is 2.11. The number of nitro groups is 1. The van der Waals surface area contributed by atoms with Crippen LogP contribution < -0.4 is 10.6 Å². The summed E-state index contributed by atoms with van der Waals surface area (Å²) in [5.74, 6) is 0.816. The third-order valence-electron chi connectivity index (χ3n) is 2.57. The minimum Gasteiger partial charge on any atom is -0.370 e. The van der Waals surface area contributed by atoms with E-state index in [1.165, 1.54) is 12.1 Å². The Morgan fingerprint density at radius 1 is 1.33 bits per heavy atom. The van der Waals surface area contributed by atoms with E-state index >= 15 is 0 Å². The molecule has 6 nitrogen and oxygen atoms in total. The number of rotatable bonds is 5. The molecule has 2 aromatic rings. The van der Waals surface area contributed by atoms with Gasteiger partial charge in [-0.15, -0.1) is 0 Å². The van der Waals surface area contributed by atoms with E-state index in [1.54, 1.807) is 18.2 Å². The van der Waals surface area contributed by atoms with Crippen molar-refractivity contribution < 1.29 is 4.92 Å². The fourth-order valence-corrected chi connectivity index (χ4v) is 2.11. The van der Waals surface area contributed by atoms with Crippen LogP contribution in [0.5, 0.6) is 0 Å². The Morgan fingerprint density at radius 3 is 2.67 bits per heavy atom. The van der Waals surface area contributed by atoms with E-state index in [4.69, 9.17) is 11.6 Å². The average Bonchev–Trinajstić information content (AvgIpc) is 2.43. The minimum absolute atomic E-state index is 0.0355. The third kappa shape index (κ3) is 4.05. The maximum absolute atomic E-state index is 11.0. The second-order valence-corrected chi connectivity index (χ2v) is 5.40. The molecule has 1 aromatic heterocycles. The fraction of sp³-hybridized carbons (Fsp3) is 0.154. The molecule has 0 aliphatic heterocycles. The summed E-state index contributed by atoms with van der Waals surface area (Å²) < 4.78 is 0.773. The maximum Gasteiger partial charge on any atom is 0.276 e. The van der Waals surface area contributed by atoms with Gasteiger partial charge >= 0.3 is 0 Å². The van der Waals surface area contributed by atoms with Gasteiger partial charge in [-0.25, -0.2) is 4.98 Å². The molecule has 0 bridgehead atoms. The Hall–Kier alpha value is -1.86. The Kier molecular flexibility index (Phi) is 4.98. The van der Waals surface area contributed by atoms with Crippen LogP contribution in [0.2, 0.25) is 5.02 Å². The molecule has 0 radical (unpaired) electrons. The average molecular weight is 372 g/mol. The number of benzene rings is 1. The van der Waals surface area contributed by atoms with Crippen molar-refractivity contribution in [2.75, 3.05) is 17.2 Å². The van der Waals surface area contributed by atoms with E-state index in [9.17, 15) is 10.1 Å². The van der Waals surface area contributed by atoms with Crippen molar-refractivity contribution in [3.63, 3.8) is 0 Å². The highest BCUT2D eigenvalue weighted by Crippen LogP contribution is 2.28. The van der Waals surface area contributed by atoms with Crippen molar-refractivity contribution in [1.82, 2.24) is 4.98 Å². The lowest BCUT2D eigenvalue weighted by atomic mass is 10.3. The van der Waals surface area contributed by atoms with Gasteiger partial charge in [-0.3, -0.25) is 10.1 Å². The summed E-state index contributed by atoms with van der Waals surface area (Å²) in [4.78, 5) is 14.8. The van der Waals surface area contributed by atoms with E-state index in [-0.39, 0.29) is 5.69 Å². The summed E-state index contributed by atoms with van der Waals surface area (Å²) >= 11 is 9.32. The molecule has 2 N–H and O–H groups in total. The minimum atomic E-state index is -0.456. The van der Waals surface area contributed by atoms with Crippen molar-refractivity contribution in [3.8, 4) is 0 Å². The van der Waals surface area contributed by atoms with Gasteiger partial charge in [0.1, 0.15) is 11.6 Å². The van der Waals surface area contributed by atoms with Crippen LogP contribution in [0.1, 0.15) is 6.92 Å². The Labute approximate surface area is 134 Å². The molecular formula is C13H12BrClN4O2. The van der Waals surface area contributed by atoms with Gasteiger partial charge in [-0.05, 0) is 41.1 Å². The van der Waals surface area contributed by atoms with E-state index in [0.29, 0.717) is 28.9 Å². The summed E-state index contributed by atoms with van der Waals surface area (Å²) in [6.45, 7) is 2.51. The Morgan fingerprint density at radius 2 is 2.05 bits per heavy atom. The van der Waals surface area contributed by atoms with Crippen LogP contribution >= 0.6 is 27.5 Å². The topological polar surface area (TPSA) is 80.1 Å². The van der Waals surface area contributed by atoms with Crippen molar-refractivity contribution in [2.24, 2.45) is 0 Å². The molecule has 0 unspecified atom stereocenters. The van der Waals surface area contributed by atoms with Crippen molar-refractivity contribution in [3.05, 3.63) is 49.9 Å². The van der Waals surface area contributed by atoms with Crippen molar-refractivity contribution in [2.45, 2.75) is 6.92 Å². The van der Waals surface area contributed by atoms with E-state index in [2.05, 4.69) is 31.5 Å². The normalized spacial score (nSPS) is 10.2. The molecule has 0 fully saturated rings.